The highest BCUT2D eigenvalue weighted by atomic mass is 16.2. The molecule has 1 fully saturated rings. The van der Waals surface area contributed by atoms with Crippen LogP contribution in [0.3, 0.4) is 0 Å². The first-order valence-corrected chi connectivity index (χ1v) is 7.65. The number of nitrogens with zero attached hydrogens (tertiary/aromatic N) is 1. The van der Waals surface area contributed by atoms with Gasteiger partial charge in [0, 0.05) is 24.0 Å². The maximum absolute atomic E-state index is 12.2. The fourth-order valence-electron chi connectivity index (χ4n) is 3.35. The molecule has 0 bridgehead atoms. The van der Waals surface area contributed by atoms with Crippen LogP contribution in [0.25, 0.3) is 0 Å². The van der Waals surface area contributed by atoms with Gasteiger partial charge in [-0.15, -0.1) is 0 Å². The minimum absolute atomic E-state index is 0.146. The lowest BCUT2D eigenvalue weighted by Gasteiger charge is -2.31. The van der Waals surface area contributed by atoms with E-state index in [2.05, 4.69) is 16.3 Å². The van der Waals surface area contributed by atoms with E-state index in [1.807, 2.05) is 12.1 Å². The van der Waals surface area contributed by atoms with Crippen LogP contribution in [0.1, 0.15) is 37.7 Å². The number of benzene rings is 1. The van der Waals surface area contributed by atoms with Crippen LogP contribution in [0, 0.1) is 0 Å². The number of nitrogen functional groups attached to an aromatic ring is 1. The van der Waals surface area contributed by atoms with Gasteiger partial charge in [0.15, 0.2) is 0 Å². The summed E-state index contributed by atoms with van der Waals surface area (Å²) in [6.45, 7) is 1.39. The molecule has 0 unspecified atom stereocenters. The van der Waals surface area contributed by atoms with Crippen LogP contribution in [0.15, 0.2) is 18.2 Å². The summed E-state index contributed by atoms with van der Waals surface area (Å²) in [6, 6.07) is 6.43. The number of hydrogen-bond acceptors (Lipinski definition) is 3. The number of aryl methyl sites for hydroxylation is 1. The van der Waals surface area contributed by atoms with Crippen molar-refractivity contribution in [1.29, 1.82) is 0 Å². The summed E-state index contributed by atoms with van der Waals surface area (Å²) in [6.07, 6.45) is 6.94. The molecule has 0 spiro atoms. The Morgan fingerprint density at radius 2 is 2.10 bits per heavy atom. The van der Waals surface area contributed by atoms with Crippen LogP contribution >= 0.6 is 0 Å². The van der Waals surface area contributed by atoms with E-state index in [0.717, 1.165) is 43.6 Å². The zero-order valence-corrected chi connectivity index (χ0v) is 11.9. The molecule has 3 rings (SSSR count). The number of nitrogens with two attached hydrogens (primary N) is 1. The quantitative estimate of drug-likeness (QED) is 0.829. The Bertz CT molecular complexity index is 494. The molecule has 1 aromatic carbocycles. The van der Waals surface area contributed by atoms with Gasteiger partial charge in [-0.3, -0.25) is 4.79 Å². The molecule has 1 heterocycles. The Labute approximate surface area is 120 Å². The van der Waals surface area contributed by atoms with E-state index >= 15 is 0 Å². The first-order chi connectivity index (χ1) is 9.72. The summed E-state index contributed by atoms with van der Waals surface area (Å²) in [7, 11) is 0. The van der Waals surface area contributed by atoms with Crippen LogP contribution < -0.4 is 16.0 Å². The summed E-state index contributed by atoms with van der Waals surface area (Å²) >= 11 is 0. The van der Waals surface area contributed by atoms with E-state index in [1.165, 1.54) is 18.4 Å². The number of amides is 1. The zero-order valence-electron chi connectivity index (χ0n) is 11.9. The molecule has 1 aliphatic heterocycles. The van der Waals surface area contributed by atoms with Gasteiger partial charge in [0.1, 0.15) is 0 Å². The zero-order chi connectivity index (χ0) is 13.9. The molecule has 0 saturated heterocycles. The molecule has 4 heteroatoms. The summed E-state index contributed by atoms with van der Waals surface area (Å²) in [5, 5.41) is 3.16. The standard InChI is InChI=1S/C16H23N3O/c17-13-8-7-12-4-3-9-19(15(12)10-13)11-16(20)18-14-5-1-2-6-14/h7-8,10,14H,1-6,9,11,17H2,(H,18,20). The average Bonchev–Trinajstić information content (AvgIpc) is 2.92. The lowest BCUT2D eigenvalue weighted by molar-refractivity contribution is -0.120. The molecule has 108 valence electrons. The number of hydrogen-bond donors (Lipinski definition) is 2. The monoisotopic (exact) mass is 273 g/mol. The second-order valence-corrected chi connectivity index (χ2v) is 5.96. The molecule has 4 nitrogen and oxygen atoms in total. The predicted octanol–water partition coefficient (Wildman–Crippen LogP) is 2.08. The number of rotatable bonds is 3. The van der Waals surface area contributed by atoms with Gasteiger partial charge in [0.05, 0.1) is 6.54 Å². The van der Waals surface area contributed by atoms with Gasteiger partial charge in [0.2, 0.25) is 5.91 Å². The Kier molecular flexibility index (Phi) is 3.81. The summed E-state index contributed by atoms with van der Waals surface area (Å²) in [5.74, 6) is 0.146. The summed E-state index contributed by atoms with van der Waals surface area (Å²) in [5.41, 5.74) is 9.09. The van der Waals surface area contributed by atoms with Crippen LogP contribution in [-0.2, 0) is 11.2 Å². The SMILES string of the molecule is Nc1ccc2c(c1)N(CC(=O)NC1CCCC1)CCC2. The van der Waals surface area contributed by atoms with E-state index in [0.29, 0.717) is 12.6 Å². The molecule has 1 aliphatic carbocycles. The fourth-order valence-corrected chi connectivity index (χ4v) is 3.35. The van der Waals surface area contributed by atoms with Gasteiger partial charge >= 0.3 is 0 Å². The average molecular weight is 273 g/mol. The van der Waals surface area contributed by atoms with Crippen molar-refractivity contribution in [2.24, 2.45) is 0 Å². The molecule has 0 atom stereocenters. The molecule has 1 saturated carbocycles. The molecule has 2 aliphatic rings. The van der Waals surface area contributed by atoms with Crippen LogP contribution in [0.4, 0.5) is 11.4 Å². The first kappa shape index (κ1) is 13.3. The lowest BCUT2D eigenvalue weighted by Crippen LogP contribution is -2.42. The van der Waals surface area contributed by atoms with Gasteiger partial charge < -0.3 is 16.0 Å². The van der Waals surface area contributed by atoms with E-state index in [9.17, 15) is 4.79 Å². The minimum Gasteiger partial charge on any atom is -0.399 e. The summed E-state index contributed by atoms with van der Waals surface area (Å²) in [4.78, 5) is 14.3. The Morgan fingerprint density at radius 3 is 2.90 bits per heavy atom. The second-order valence-electron chi connectivity index (χ2n) is 5.96. The highest BCUT2D eigenvalue weighted by molar-refractivity contribution is 5.82. The summed E-state index contributed by atoms with van der Waals surface area (Å²) < 4.78 is 0. The Balaban J connectivity index is 1.66. The molecule has 0 aromatic heterocycles. The van der Waals surface area contributed by atoms with Gasteiger partial charge in [0.25, 0.3) is 0 Å². The number of anilines is 2. The van der Waals surface area contributed by atoms with Crippen LogP contribution in [0.2, 0.25) is 0 Å². The first-order valence-electron chi connectivity index (χ1n) is 7.65. The smallest absolute Gasteiger partial charge is 0.239 e. The van der Waals surface area contributed by atoms with Gasteiger partial charge in [-0.05, 0) is 43.4 Å². The third-order valence-electron chi connectivity index (χ3n) is 4.38. The van der Waals surface area contributed by atoms with E-state index in [4.69, 9.17) is 5.73 Å². The maximum atomic E-state index is 12.2. The van der Waals surface area contributed by atoms with E-state index < -0.39 is 0 Å². The van der Waals surface area contributed by atoms with Crippen LogP contribution in [-0.4, -0.2) is 25.0 Å². The van der Waals surface area contributed by atoms with Crippen molar-refractivity contribution >= 4 is 17.3 Å². The third-order valence-corrected chi connectivity index (χ3v) is 4.38. The molecule has 20 heavy (non-hydrogen) atoms. The molecule has 0 radical (unpaired) electrons. The number of carbonyl (C=O) groups excluding carboxylic acids is 1. The predicted molar refractivity (Wildman–Crippen MR) is 81.8 cm³/mol. The number of carbonyl (C=O) groups is 1. The van der Waals surface area contributed by atoms with Crippen molar-refractivity contribution in [3.8, 4) is 0 Å². The van der Waals surface area contributed by atoms with Crippen molar-refractivity contribution in [1.82, 2.24) is 5.32 Å². The topological polar surface area (TPSA) is 58.4 Å². The maximum Gasteiger partial charge on any atom is 0.239 e. The van der Waals surface area contributed by atoms with Crippen molar-refractivity contribution in [2.75, 3.05) is 23.7 Å². The molecule has 1 aromatic rings. The highest BCUT2D eigenvalue weighted by Crippen LogP contribution is 2.28. The van der Waals surface area contributed by atoms with Crippen molar-refractivity contribution in [3.05, 3.63) is 23.8 Å². The highest BCUT2D eigenvalue weighted by Gasteiger charge is 2.22. The van der Waals surface area contributed by atoms with Crippen molar-refractivity contribution < 1.29 is 4.79 Å². The van der Waals surface area contributed by atoms with Gasteiger partial charge in [-0.1, -0.05) is 18.9 Å². The fraction of sp³-hybridized carbons (Fsp3) is 0.562. The lowest BCUT2D eigenvalue weighted by atomic mass is 10.0. The van der Waals surface area contributed by atoms with Crippen molar-refractivity contribution in [2.45, 2.75) is 44.6 Å². The van der Waals surface area contributed by atoms with Gasteiger partial charge in [-0.25, -0.2) is 0 Å². The molecular weight excluding hydrogens is 250 g/mol. The normalized spacial score (nSPS) is 18.9. The Morgan fingerprint density at radius 1 is 1.30 bits per heavy atom. The van der Waals surface area contributed by atoms with Crippen molar-refractivity contribution in [3.63, 3.8) is 0 Å². The minimum atomic E-state index is 0.146. The second kappa shape index (κ2) is 5.73. The van der Waals surface area contributed by atoms with Crippen LogP contribution in [0.5, 0.6) is 0 Å². The third kappa shape index (κ3) is 2.89. The number of fused-ring (bicyclic) bond motifs is 1. The van der Waals surface area contributed by atoms with E-state index in [-0.39, 0.29) is 5.91 Å². The molecular formula is C16H23N3O. The van der Waals surface area contributed by atoms with Gasteiger partial charge in [-0.2, -0.15) is 0 Å². The number of nitrogens with one attached hydrogen (secondary N) is 1. The largest absolute Gasteiger partial charge is 0.399 e. The molecule has 3 N–H and O–H groups in total. The van der Waals surface area contributed by atoms with E-state index in [1.54, 1.807) is 0 Å². The Hall–Kier alpha value is -1.71. The molecule has 1 amide bonds.